The molecule has 0 fully saturated rings. The molecule has 0 amide bonds. The molecule has 0 aliphatic heterocycles. The zero-order valence-electron chi connectivity index (χ0n) is 9.45. The molecule has 88 valence electrons. The van der Waals surface area contributed by atoms with E-state index in [1.165, 1.54) is 11.3 Å². The summed E-state index contributed by atoms with van der Waals surface area (Å²) in [5.74, 6) is -0.906. The van der Waals surface area contributed by atoms with Gasteiger partial charge in [-0.1, -0.05) is 17.7 Å². The smallest absolute Gasteiger partial charge is 0.335 e. The lowest BCUT2D eigenvalue weighted by molar-refractivity contribution is 0.0696. The average Bonchev–Trinajstić information content (AvgIpc) is 2.64. The molecule has 0 aliphatic carbocycles. The minimum absolute atomic E-state index is 0.329. The molecular formula is C13H11ClO2S. The van der Waals surface area contributed by atoms with Gasteiger partial charge in [0.25, 0.3) is 0 Å². The standard InChI is InChI=1S/C13H11ClO2S/c1-7-5-8(2)10(13(15)16)6-9(7)12-11(14)3-4-17-12/h3-6H,1-2H3,(H,15,16). The Hall–Kier alpha value is -1.32. The van der Waals surface area contributed by atoms with Crippen LogP contribution in [0, 0.1) is 13.8 Å². The first-order valence-corrected chi connectivity index (χ1v) is 6.34. The van der Waals surface area contributed by atoms with E-state index in [0.29, 0.717) is 10.6 Å². The molecular weight excluding hydrogens is 256 g/mol. The van der Waals surface area contributed by atoms with E-state index in [9.17, 15) is 4.79 Å². The quantitative estimate of drug-likeness (QED) is 0.876. The van der Waals surface area contributed by atoms with Gasteiger partial charge in [-0.2, -0.15) is 0 Å². The highest BCUT2D eigenvalue weighted by atomic mass is 35.5. The molecule has 0 spiro atoms. The molecule has 2 nitrogen and oxygen atoms in total. The van der Waals surface area contributed by atoms with Crippen molar-refractivity contribution >= 4 is 28.9 Å². The molecule has 17 heavy (non-hydrogen) atoms. The number of hydrogen-bond donors (Lipinski definition) is 1. The number of benzene rings is 1. The first-order chi connectivity index (χ1) is 8.00. The van der Waals surface area contributed by atoms with Crippen LogP contribution in [0.3, 0.4) is 0 Å². The van der Waals surface area contributed by atoms with Gasteiger partial charge in [0, 0.05) is 0 Å². The number of carbonyl (C=O) groups is 1. The van der Waals surface area contributed by atoms with Gasteiger partial charge in [-0.05, 0) is 48.1 Å². The largest absolute Gasteiger partial charge is 0.478 e. The zero-order valence-corrected chi connectivity index (χ0v) is 11.0. The van der Waals surface area contributed by atoms with Gasteiger partial charge in [0.2, 0.25) is 0 Å². The maximum atomic E-state index is 11.1. The van der Waals surface area contributed by atoms with Crippen molar-refractivity contribution in [3.63, 3.8) is 0 Å². The van der Waals surface area contributed by atoms with Gasteiger partial charge in [-0.15, -0.1) is 11.3 Å². The van der Waals surface area contributed by atoms with Crippen molar-refractivity contribution in [1.82, 2.24) is 0 Å². The van der Waals surface area contributed by atoms with Crippen molar-refractivity contribution in [2.45, 2.75) is 13.8 Å². The first kappa shape index (κ1) is 12.1. The van der Waals surface area contributed by atoms with E-state index in [4.69, 9.17) is 16.7 Å². The van der Waals surface area contributed by atoms with E-state index in [2.05, 4.69) is 0 Å². The Morgan fingerprint density at radius 3 is 2.53 bits per heavy atom. The fraction of sp³-hybridized carbons (Fsp3) is 0.154. The third kappa shape index (κ3) is 2.21. The molecule has 2 rings (SSSR count). The maximum absolute atomic E-state index is 11.1. The normalized spacial score (nSPS) is 10.5. The molecule has 0 radical (unpaired) electrons. The summed E-state index contributed by atoms with van der Waals surface area (Å²) in [7, 11) is 0. The van der Waals surface area contributed by atoms with Crippen molar-refractivity contribution in [1.29, 1.82) is 0 Å². The van der Waals surface area contributed by atoms with E-state index in [1.807, 2.05) is 24.4 Å². The summed E-state index contributed by atoms with van der Waals surface area (Å²) in [5, 5.41) is 11.7. The Balaban J connectivity index is 2.67. The molecule has 0 saturated heterocycles. The van der Waals surface area contributed by atoms with Crippen molar-refractivity contribution in [2.24, 2.45) is 0 Å². The lowest BCUT2D eigenvalue weighted by Gasteiger charge is -2.09. The highest BCUT2D eigenvalue weighted by Crippen LogP contribution is 2.36. The SMILES string of the molecule is Cc1cc(C)c(-c2sccc2Cl)cc1C(=O)O. The third-order valence-electron chi connectivity index (χ3n) is 2.66. The number of halogens is 1. The third-order valence-corrected chi connectivity index (χ3v) is 4.04. The summed E-state index contributed by atoms with van der Waals surface area (Å²) in [6.45, 7) is 3.76. The van der Waals surface area contributed by atoms with Crippen LogP contribution in [-0.4, -0.2) is 11.1 Å². The van der Waals surface area contributed by atoms with Crippen LogP contribution in [-0.2, 0) is 0 Å². The van der Waals surface area contributed by atoms with Crippen LogP contribution in [0.5, 0.6) is 0 Å². The predicted octanol–water partition coefficient (Wildman–Crippen LogP) is 4.38. The minimum Gasteiger partial charge on any atom is -0.478 e. The lowest BCUT2D eigenvalue weighted by Crippen LogP contribution is -2.01. The van der Waals surface area contributed by atoms with Gasteiger partial charge in [-0.25, -0.2) is 4.79 Å². The number of thiophene rings is 1. The lowest BCUT2D eigenvalue weighted by atomic mass is 9.99. The van der Waals surface area contributed by atoms with E-state index in [1.54, 1.807) is 13.0 Å². The summed E-state index contributed by atoms with van der Waals surface area (Å²) in [4.78, 5) is 12.0. The van der Waals surface area contributed by atoms with Gasteiger partial charge in [0.1, 0.15) is 0 Å². The number of hydrogen-bond acceptors (Lipinski definition) is 2. The summed E-state index contributed by atoms with van der Waals surface area (Å²) in [6, 6.07) is 5.40. The van der Waals surface area contributed by atoms with Gasteiger partial charge in [0.15, 0.2) is 0 Å². The number of aromatic carboxylic acids is 1. The van der Waals surface area contributed by atoms with Crippen LogP contribution in [0.4, 0.5) is 0 Å². The zero-order chi connectivity index (χ0) is 12.6. The molecule has 0 bridgehead atoms. The van der Waals surface area contributed by atoms with Crippen molar-refractivity contribution < 1.29 is 9.90 Å². The van der Waals surface area contributed by atoms with Gasteiger partial charge in [-0.3, -0.25) is 0 Å². The molecule has 0 aliphatic rings. The van der Waals surface area contributed by atoms with E-state index < -0.39 is 5.97 Å². The molecule has 2 aromatic rings. The number of carboxylic acid groups (broad SMARTS) is 1. The van der Waals surface area contributed by atoms with E-state index in [-0.39, 0.29) is 0 Å². The Bertz CT molecular complexity index is 587. The number of rotatable bonds is 2. The number of carboxylic acids is 1. The van der Waals surface area contributed by atoms with Crippen molar-refractivity contribution in [2.75, 3.05) is 0 Å². The van der Waals surface area contributed by atoms with E-state index in [0.717, 1.165) is 21.6 Å². The molecule has 1 heterocycles. The molecule has 1 N–H and O–H groups in total. The van der Waals surface area contributed by atoms with Crippen LogP contribution in [0.25, 0.3) is 10.4 Å². The Labute approximate surface area is 108 Å². The Kier molecular flexibility index (Phi) is 3.22. The molecule has 1 aromatic carbocycles. The van der Waals surface area contributed by atoms with Crippen LogP contribution in [0.15, 0.2) is 23.6 Å². The summed E-state index contributed by atoms with van der Waals surface area (Å²) in [5.41, 5.74) is 3.03. The van der Waals surface area contributed by atoms with Gasteiger partial charge >= 0.3 is 5.97 Å². The summed E-state index contributed by atoms with van der Waals surface area (Å²) >= 11 is 7.60. The fourth-order valence-electron chi connectivity index (χ4n) is 1.81. The minimum atomic E-state index is -0.906. The van der Waals surface area contributed by atoms with E-state index >= 15 is 0 Å². The Morgan fingerprint density at radius 1 is 1.29 bits per heavy atom. The second kappa shape index (κ2) is 4.51. The molecule has 4 heteroatoms. The van der Waals surface area contributed by atoms with Crippen LogP contribution in [0.2, 0.25) is 5.02 Å². The van der Waals surface area contributed by atoms with Crippen LogP contribution >= 0.6 is 22.9 Å². The molecule has 0 atom stereocenters. The number of aryl methyl sites for hydroxylation is 2. The van der Waals surface area contributed by atoms with Crippen LogP contribution < -0.4 is 0 Å². The Morgan fingerprint density at radius 2 is 2.00 bits per heavy atom. The first-order valence-electron chi connectivity index (χ1n) is 5.08. The highest BCUT2D eigenvalue weighted by Gasteiger charge is 2.14. The average molecular weight is 267 g/mol. The predicted molar refractivity (Wildman–Crippen MR) is 71.2 cm³/mol. The molecule has 1 aromatic heterocycles. The molecule has 0 saturated carbocycles. The highest BCUT2D eigenvalue weighted by molar-refractivity contribution is 7.14. The van der Waals surface area contributed by atoms with Gasteiger partial charge in [0.05, 0.1) is 15.5 Å². The van der Waals surface area contributed by atoms with Gasteiger partial charge < -0.3 is 5.11 Å². The second-order valence-electron chi connectivity index (χ2n) is 3.88. The summed E-state index contributed by atoms with van der Waals surface area (Å²) in [6.07, 6.45) is 0. The fourth-order valence-corrected chi connectivity index (χ4v) is 3.05. The van der Waals surface area contributed by atoms with Crippen LogP contribution in [0.1, 0.15) is 21.5 Å². The van der Waals surface area contributed by atoms with Crippen molar-refractivity contribution in [3.8, 4) is 10.4 Å². The van der Waals surface area contributed by atoms with Crippen molar-refractivity contribution in [3.05, 3.63) is 45.3 Å². The topological polar surface area (TPSA) is 37.3 Å². The second-order valence-corrected chi connectivity index (χ2v) is 5.21. The monoisotopic (exact) mass is 266 g/mol. The summed E-state index contributed by atoms with van der Waals surface area (Å²) < 4.78 is 0. The maximum Gasteiger partial charge on any atom is 0.335 e. The molecule has 0 unspecified atom stereocenters.